The molecule has 0 aromatic heterocycles. The third kappa shape index (κ3) is 5.90. The molecule has 1 aliphatic heterocycles. The van der Waals surface area contributed by atoms with E-state index in [4.69, 9.17) is 18.9 Å². The van der Waals surface area contributed by atoms with E-state index in [0.717, 1.165) is 16.7 Å². The predicted molar refractivity (Wildman–Crippen MR) is 145 cm³/mol. The molecule has 3 aromatic rings. The van der Waals surface area contributed by atoms with Crippen molar-refractivity contribution >= 4 is 5.97 Å². The van der Waals surface area contributed by atoms with Crippen LogP contribution in [0.2, 0.25) is 0 Å². The van der Waals surface area contributed by atoms with Gasteiger partial charge >= 0.3 is 5.97 Å². The van der Waals surface area contributed by atoms with E-state index in [1.54, 1.807) is 38.1 Å². The Balaban J connectivity index is 1.33. The van der Waals surface area contributed by atoms with Crippen molar-refractivity contribution in [3.8, 4) is 29.1 Å². The molecular weight excluding hydrogens is 513 g/mol. The molecule has 0 amide bonds. The van der Waals surface area contributed by atoms with E-state index in [1.165, 1.54) is 13.2 Å². The van der Waals surface area contributed by atoms with Crippen molar-refractivity contribution < 1.29 is 33.2 Å². The van der Waals surface area contributed by atoms with Crippen molar-refractivity contribution in [3.63, 3.8) is 0 Å². The fourth-order valence-electron chi connectivity index (χ4n) is 5.28. The lowest BCUT2D eigenvalue weighted by atomic mass is 9.98. The quantitative estimate of drug-likeness (QED) is 0.315. The first-order valence-electron chi connectivity index (χ1n) is 13.4. The molecule has 0 bridgehead atoms. The van der Waals surface area contributed by atoms with Gasteiger partial charge in [-0.3, -0.25) is 4.79 Å². The summed E-state index contributed by atoms with van der Waals surface area (Å²) in [5.41, 5.74) is 2.60. The van der Waals surface area contributed by atoms with Gasteiger partial charge in [-0.1, -0.05) is 12.1 Å². The highest BCUT2D eigenvalue weighted by Gasteiger charge is 2.32. The summed E-state index contributed by atoms with van der Waals surface area (Å²) in [5.74, 6) is 1.35. The average Bonchev–Trinajstić information content (AvgIpc) is 3.53. The van der Waals surface area contributed by atoms with Gasteiger partial charge in [0.2, 0.25) is 0 Å². The van der Waals surface area contributed by atoms with E-state index in [0.29, 0.717) is 66.4 Å². The molecule has 2 atom stereocenters. The number of fused-ring (bicyclic) bond motifs is 2. The maximum Gasteiger partial charge on any atom is 0.306 e. The number of hydrogen-bond donors (Lipinski definition) is 1. The summed E-state index contributed by atoms with van der Waals surface area (Å²) in [6, 6.07) is 16.0. The van der Waals surface area contributed by atoms with E-state index in [9.17, 15) is 15.2 Å². The minimum absolute atomic E-state index is 0.0743. The average molecular weight is 546 g/mol. The van der Waals surface area contributed by atoms with Crippen LogP contribution in [-0.2, 0) is 22.4 Å². The van der Waals surface area contributed by atoms with E-state index < -0.39 is 11.7 Å². The van der Waals surface area contributed by atoms with Crippen LogP contribution in [0.25, 0.3) is 0 Å². The molecule has 8 heteroatoms. The lowest BCUT2D eigenvalue weighted by molar-refractivity contribution is -0.141. The summed E-state index contributed by atoms with van der Waals surface area (Å²) in [6.45, 7) is 3.90. The van der Waals surface area contributed by atoms with E-state index in [1.807, 2.05) is 18.2 Å². The predicted octanol–water partition coefficient (Wildman–Crippen LogP) is 6.30. The van der Waals surface area contributed by atoms with Crippen molar-refractivity contribution in [3.05, 3.63) is 82.2 Å². The topological polar surface area (TPSA) is 98.0 Å². The zero-order valence-electron chi connectivity index (χ0n) is 22.8. The monoisotopic (exact) mass is 545 g/mol. The number of aliphatic hydroxyl groups is 1. The van der Waals surface area contributed by atoms with Crippen molar-refractivity contribution in [2.75, 3.05) is 13.7 Å². The number of nitriles is 1. The van der Waals surface area contributed by atoms with Gasteiger partial charge in [0.15, 0.2) is 0 Å². The normalized spacial score (nSPS) is 17.4. The molecule has 1 unspecified atom stereocenters. The van der Waals surface area contributed by atoms with Gasteiger partial charge in [-0.25, -0.2) is 4.39 Å². The molecule has 0 saturated heterocycles. The first-order valence-corrected chi connectivity index (χ1v) is 13.4. The largest absolute Gasteiger partial charge is 0.492 e. The van der Waals surface area contributed by atoms with Gasteiger partial charge in [0, 0.05) is 28.7 Å². The second kappa shape index (κ2) is 11.2. The Bertz CT molecular complexity index is 1470. The molecule has 7 nitrogen and oxygen atoms in total. The number of methoxy groups -OCH3 is 1. The Labute approximate surface area is 233 Å². The van der Waals surface area contributed by atoms with Crippen LogP contribution in [0.5, 0.6) is 23.0 Å². The highest BCUT2D eigenvalue weighted by Crippen LogP contribution is 2.44. The van der Waals surface area contributed by atoms with Crippen LogP contribution in [0.3, 0.4) is 0 Å². The van der Waals surface area contributed by atoms with Crippen molar-refractivity contribution in [2.24, 2.45) is 0 Å². The number of nitrogens with zero attached hydrogens (tertiary/aromatic N) is 1. The molecule has 1 N–H and O–H groups in total. The van der Waals surface area contributed by atoms with Crippen molar-refractivity contribution in [1.82, 2.24) is 0 Å². The molecule has 208 valence electrons. The second-order valence-electron chi connectivity index (χ2n) is 10.9. The zero-order valence-corrected chi connectivity index (χ0v) is 22.8. The van der Waals surface area contributed by atoms with Gasteiger partial charge in [-0.2, -0.15) is 5.26 Å². The van der Waals surface area contributed by atoms with E-state index >= 15 is 4.39 Å². The molecule has 0 spiro atoms. The van der Waals surface area contributed by atoms with Crippen molar-refractivity contribution in [2.45, 2.75) is 63.6 Å². The molecule has 3 aromatic carbocycles. The minimum Gasteiger partial charge on any atom is -0.492 e. The fraction of sp³-hybridized carbons (Fsp3) is 0.375. The lowest BCUT2D eigenvalue weighted by Crippen LogP contribution is -2.19. The zero-order chi connectivity index (χ0) is 28.4. The molecule has 0 radical (unpaired) electrons. The summed E-state index contributed by atoms with van der Waals surface area (Å²) >= 11 is 0. The number of ether oxygens (including phenoxy) is 4. The van der Waals surface area contributed by atoms with Gasteiger partial charge in [-0.05, 0) is 75.4 Å². The number of benzene rings is 3. The maximum atomic E-state index is 15.1. The standard InChI is InChI=1S/C32H32FNO6/c1-32(2,36)13-12-19-4-9-26(20(14-19)17-34)40-27-11-8-25(33)31-24(27)7-10-28(31)39-22-5-6-23-21(15-30(35)37-3)18-38-29(23)16-22/h4-6,8-9,11,14,16,21,28,36H,7,10,12-13,15,18H2,1-3H3/t21?,28-/m1/s1. The maximum absolute atomic E-state index is 15.1. The summed E-state index contributed by atoms with van der Waals surface area (Å²) in [5, 5.41) is 19.8. The smallest absolute Gasteiger partial charge is 0.306 e. The van der Waals surface area contributed by atoms with E-state index in [2.05, 4.69) is 6.07 Å². The highest BCUT2D eigenvalue weighted by molar-refractivity contribution is 5.71. The van der Waals surface area contributed by atoms with Crippen LogP contribution >= 0.6 is 0 Å². The Morgan fingerprint density at radius 1 is 1.18 bits per heavy atom. The van der Waals surface area contributed by atoms with Crippen LogP contribution < -0.4 is 14.2 Å². The van der Waals surface area contributed by atoms with Crippen LogP contribution in [0, 0.1) is 17.1 Å². The van der Waals surface area contributed by atoms with Gasteiger partial charge in [0.05, 0.1) is 31.3 Å². The van der Waals surface area contributed by atoms with Crippen LogP contribution in [0.15, 0.2) is 48.5 Å². The van der Waals surface area contributed by atoms with Gasteiger partial charge < -0.3 is 24.1 Å². The molecule has 1 aliphatic carbocycles. The van der Waals surface area contributed by atoms with Crippen LogP contribution in [0.1, 0.15) is 72.9 Å². The van der Waals surface area contributed by atoms with Crippen molar-refractivity contribution in [1.29, 1.82) is 5.26 Å². The first-order chi connectivity index (χ1) is 19.1. The summed E-state index contributed by atoms with van der Waals surface area (Å²) < 4.78 is 38.0. The fourth-order valence-corrected chi connectivity index (χ4v) is 5.28. The summed E-state index contributed by atoms with van der Waals surface area (Å²) in [7, 11) is 1.37. The Morgan fingerprint density at radius 3 is 2.73 bits per heavy atom. The summed E-state index contributed by atoms with van der Waals surface area (Å²) in [4.78, 5) is 11.7. The number of aryl methyl sites for hydroxylation is 1. The summed E-state index contributed by atoms with van der Waals surface area (Å²) in [6.07, 6.45) is 2.05. The first kappa shape index (κ1) is 27.5. The Hall–Kier alpha value is -4.09. The molecule has 5 rings (SSSR count). The van der Waals surface area contributed by atoms with Gasteiger partial charge in [0.25, 0.3) is 0 Å². The van der Waals surface area contributed by atoms with Crippen LogP contribution in [0.4, 0.5) is 4.39 Å². The minimum atomic E-state index is -0.797. The number of esters is 1. The van der Waals surface area contributed by atoms with E-state index in [-0.39, 0.29) is 24.1 Å². The molecule has 2 aliphatic rings. The second-order valence-corrected chi connectivity index (χ2v) is 10.9. The number of carbonyl (C=O) groups is 1. The SMILES string of the molecule is COC(=O)CC1COc2cc(O[C@@H]3CCc4c(Oc5ccc(CCC(C)(C)O)cc5C#N)ccc(F)c43)ccc21. The molecule has 0 saturated carbocycles. The number of halogens is 1. The Kier molecular flexibility index (Phi) is 7.68. The third-order valence-corrected chi connectivity index (χ3v) is 7.43. The number of carbonyl (C=O) groups excluding carboxylic acids is 1. The number of hydrogen-bond acceptors (Lipinski definition) is 7. The van der Waals surface area contributed by atoms with Crippen LogP contribution in [-0.4, -0.2) is 30.4 Å². The van der Waals surface area contributed by atoms with Gasteiger partial charge in [0.1, 0.15) is 41.0 Å². The number of rotatable bonds is 9. The molecular formula is C32H32FNO6. The Morgan fingerprint density at radius 2 is 1.98 bits per heavy atom. The highest BCUT2D eigenvalue weighted by atomic mass is 19.1. The lowest BCUT2D eigenvalue weighted by Gasteiger charge is -2.18. The third-order valence-electron chi connectivity index (χ3n) is 7.43. The molecule has 0 fully saturated rings. The molecule has 40 heavy (non-hydrogen) atoms. The van der Waals surface area contributed by atoms with Gasteiger partial charge in [-0.15, -0.1) is 0 Å². The molecule has 1 heterocycles.